The van der Waals surface area contributed by atoms with Crippen LogP contribution >= 0.6 is 0 Å². The molecule has 8 nitrogen and oxygen atoms in total. The number of imide groups is 2. The highest BCUT2D eigenvalue weighted by Crippen LogP contribution is 2.23. The van der Waals surface area contributed by atoms with Crippen LogP contribution in [0.1, 0.15) is 67.1 Å². The highest BCUT2D eigenvalue weighted by molar-refractivity contribution is 6.22. The van der Waals surface area contributed by atoms with Crippen LogP contribution in [0.2, 0.25) is 0 Å². The number of likely N-dealkylation sites (N-methyl/N-ethyl adjacent to an activating group) is 2. The molecule has 0 fully saturated rings. The van der Waals surface area contributed by atoms with Crippen molar-refractivity contribution >= 4 is 23.6 Å². The van der Waals surface area contributed by atoms with Crippen molar-refractivity contribution in [2.45, 2.75) is 25.7 Å². The van der Waals surface area contributed by atoms with E-state index >= 15 is 0 Å². The lowest BCUT2D eigenvalue weighted by atomic mass is 10.1. The van der Waals surface area contributed by atoms with E-state index in [1.807, 2.05) is 14.1 Å². The van der Waals surface area contributed by atoms with Crippen molar-refractivity contribution in [3.63, 3.8) is 0 Å². The Morgan fingerprint density at radius 1 is 0.500 bits per heavy atom. The summed E-state index contributed by atoms with van der Waals surface area (Å²) in [5, 5.41) is 0. The molecule has 4 rings (SSSR count). The van der Waals surface area contributed by atoms with Gasteiger partial charge >= 0.3 is 0 Å². The predicted octanol–water partition coefficient (Wildman–Crippen LogP) is 3.00. The molecule has 2 aromatic carbocycles. The van der Waals surface area contributed by atoms with E-state index < -0.39 is 0 Å². The van der Waals surface area contributed by atoms with Gasteiger partial charge in [0.1, 0.15) is 0 Å². The average Bonchev–Trinajstić information content (AvgIpc) is 3.28. The van der Waals surface area contributed by atoms with Crippen LogP contribution in [0.4, 0.5) is 0 Å². The van der Waals surface area contributed by atoms with Gasteiger partial charge in [0.15, 0.2) is 0 Å². The second kappa shape index (κ2) is 11.6. The summed E-state index contributed by atoms with van der Waals surface area (Å²) in [4.78, 5) is 56.9. The molecule has 0 spiro atoms. The minimum Gasteiger partial charge on any atom is -0.305 e. The van der Waals surface area contributed by atoms with E-state index in [9.17, 15) is 19.2 Å². The van der Waals surface area contributed by atoms with Crippen molar-refractivity contribution in [3.05, 3.63) is 70.8 Å². The number of rotatable bonds is 13. The van der Waals surface area contributed by atoms with Gasteiger partial charge in [-0.15, -0.1) is 0 Å². The molecule has 0 unspecified atom stereocenters. The highest BCUT2D eigenvalue weighted by atomic mass is 16.2. The van der Waals surface area contributed by atoms with E-state index in [1.54, 1.807) is 48.5 Å². The van der Waals surface area contributed by atoms with Crippen molar-refractivity contribution in [1.29, 1.82) is 0 Å². The second-order valence-electron chi connectivity index (χ2n) is 9.64. The van der Waals surface area contributed by atoms with Crippen LogP contribution in [0.3, 0.4) is 0 Å². The largest absolute Gasteiger partial charge is 0.305 e. The SMILES string of the molecule is CN(CCCCCCN(C)CCN1C(=O)c2ccccc2C1=O)CCN1C(=O)c2ccccc2C1=O. The predicted molar refractivity (Wildman–Crippen MR) is 137 cm³/mol. The fourth-order valence-electron chi connectivity index (χ4n) is 4.77. The zero-order chi connectivity index (χ0) is 25.7. The molecule has 0 bridgehead atoms. The summed E-state index contributed by atoms with van der Waals surface area (Å²) in [5.41, 5.74) is 2.00. The first-order chi connectivity index (χ1) is 17.4. The second-order valence-corrected chi connectivity index (χ2v) is 9.64. The highest BCUT2D eigenvalue weighted by Gasteiger charge is 2.35. The Morgan fingerprint density at radius 2 is 0.806 bits per heavy atom. The summed E-state index contributed by atoms with van der Waals surface area (Å²) in [6.07, 6.45) is 4.31. The maximum Gasteiger partial charge on any atom is 0.261 e. The quantitative estimate of drug-likeness (QED) is 0.317. The Balaban J connectivity index is 1.06. The van der Waals surface area contributed by atoms with Crippen LogP contribution in [0.5, 0.6) is 0 Å². The molecule has 0 saturated heterocycles. The number of nitrogens with zero attached hydrogens (tertiary/aromatic N) is 4. The monoisotopic (exact) mass is 490 g/mol. The summed E-state index contributed by atoms with van der Waals surface area (Å²) in [7, 11) is 4.04. The fourth-order valence-corrected chi connectivity index (χ4v) is 4.77. The van der Waals surface area contributed by atoms with Gasteiger partial charge in [-0.1, -0.05) is 37.1 Å². The molecule has 0 aromatic heterocycles. The van der Waals surface area contributed by atoms with Gasteiger partial charge in [0.05, 0.1) is 22.3 Å². The molecule has 0 aliphatic carbocycles. The minimum absolute atomic E-state index is 0.198. The zero-order valence-corrected chi connectivity index (χ0v) is 21.1. The van der Waals surface area contributed by atoms with E-state index in [0.717, 1.165) is 38.8 Å². The first-order valence-electron chi connectivity index (χ1n) is 12.7. The molecule has 0 N–H and O–H groups in total. The molecule has 0 saturated carbocycles. The Hall–Kier alpha value is -3.36. The topological polar surface area (TPSA) is 81.2 Å². The third-order valence-corrected chi connectivity index (χ3v) is 7.00. The molecule has 2 aliphatic heterocycles. The van der Waals surface area contributed by atoms with Crippen LogP contribution in [0.25, 0.3) is 0 Å². The van der Waals surface area contributed by atoms with Crippen molar-refractivity contribution in [1.82, 2.24) is 19.6 Å². The lowest BCUT2D eigenvalue weighted by Gasteiger charge is -2.21. The minimum atomic E-state index is -0.198. The smallest absolute Gasteiger partial charge is 0.261 e. The van der Waals surface area contributed by atoms with Gasteiger partial charge in [-0.25, -0.2) is 0 Å². The molecule has 4 amide bonds. The van der Waals surface area contributed by atoms with Crippen molar-refractivity contribution in [2.24, 2.45) is 0 Å². The van der Waals surface area contributed by atoms with Crippen LogP contribution in [0.15, 0.2) is 48.5 Å². The summed E-state index contributed by atoms with van der Waals surface area (Å²) in [6.45, 7) is 3.96. The molecule has 190 valence electrons. The van der Waals surface area contributed by atoms with E-state index in [2.05, 4.69) is 9.80 Å². The van der Waals surface area contributed by atoms with E-state index in [-0.39, 0.29) is 23.6 Å². The van der Waals surface area contributed by atoms with Gasteiger partial charge in [0.2, 0.25) is 0 Å². The lowest BCUT2D eigenvalue weighted by molar-refractivity contribution is 0.0625. The third-order valence-electron chi connectivity index (χ3n) is 7.00. The molecule has 0 radical (unpaired) electrons. The summed E-state index contributed by atoms with van der Waals surface area (Å²) in [5.74, 6) is -0.792. The van der Waals surface area contributed by atoms with Crippen molar-refractivity contribution in [3.8, 4) is 0 Å². The summed E-state index contributed by atoms with van der Waals surface area (Å²) in [6, 6.07) is 14.0. The molecule has 8 heteroatoms. The first-order valence-corrected chi connectivity index (χ1v) is 12.7. The number of benzene rings is 2. The van der Waals surface area contributed by atoms with Gasteiger partial charge < -0.3 is 9.80 Å². The van der Waals surface area contributed by atoms with Crippen LogP contribution in [-0.2, 0) is 0 Å². The normalized spacial score (nSPS) is 15.0. The number of hydrogen-bond donors (Lipinski definition) is 0. The third kappa shape index (κ3) is 5.55. The summed E-state index contributed by atoms with van der Waals surface area (Å²) >= 11 is 0. The average molecular weight is 491 g/mol. The lowest BCUT2D eigenvalue weighted by Crippen LogP contribution is -2.37. The molecule has 2 aliphatic rings. The number of unbranched alkanes of at least 4 members (excludes halogenated alkanes) is 3. The maximum atomic E-state index is 12.5. The summed E-state index contributed by atoms with van der Waals surface area (Å²) < 4.78 is 0. The first kappa shape index (κ1) is 25.7. The van der Waals surface area contributed by atoms with Crippen molar-refractivity contribution in [2.75, 3.05) is 53.4 Å². The number of amides is 4. The fraction of sp³-hybridized carbons (Fsp3) is 0.429. The molecular weight excluding hydrogens is 456 g/mol. The van der Waals surface area contributed by atoms with E-state index in [1.165, 1.54) is 9.80 Å². The van der Waals surface area contributed by atoms with Gasteiger partial charge in [-0.3, -0.25) is 29.0 Å². The van der Waals surface area contributed by atoms with Gasteiger partial charge in [0.25, 0.3) is 23.6 Å². The van der Waals surface area contributed by atoms with Crippen molar-refractivity contribution < 1.29 is 19.2 Å². The van der Waals surface area contributed by atoms with Crippen LogP contribution < -0.4 is 0 Å². The number of carbonyl (C=O) groups is 4. The Labute approximate surface area is 212 Å². The Morgan fingerprint density at radius 3 is 1.11 bits per heavy atom. The van der Waals surface area contributed by atoms with Gasteiger partial charge in [-0.05, 0) is 64.3 Å². The Kier molecular flexibility index (Phi) is 8.28. The molecule has 2 heterocycles. The molecule has 36 heavy (non-hydrogen) atoms. The van der Waals surface area contributed by atoms with Gasteiger partial charge in [0, 0.05) is 26.2 Å². The number of hydrogen-bond acceptors (Lipinski definition) is 6. The van der Waals surface area contributed by atoms with Crippen LogP contribution in [-0.4, -0.2) is 96.6 Å². The molecule has 0 atom stereocenters. The Bertz CT molecular complexity index is 988. The standard InChI is InChI=1S/C28H34N4O4/c1-29(17-19-31-25(33)21-11-5-6-12-22(21)26(31)34)15-9-3-4-10-16-30(2)18-20-32-27(35)23-13-7-8-14-24(23)28(32)36/h5-8,11-14H,3-4,9-10,15-20H2,1-2H3. The molecular formula is C28H34N4O4. The zero-order valence-electron chi connectivity index (χ0n) is 21.1. The van der Waals surface area contributed by atoms with E-state index in [4.69, 9.17) is 0 Å². The molecule has 2 aromatic rings. The van der Waals surface area contributed by atoms with Gasteiger partial charge in [-0.2, -0.15) is 0 Å². The maximum absolute atomic E-state index is 12.5. The number of fused-ring (bicyclic) bond motifs is 2. The number of carbonyl (C=O) groups excluding carboxylic acids is 4. The van der Waals surface area contributed by atoms with Crippen LogP contribution in [0, 0.1) is 0 Å². The van der Waals surface area contributed by atoms with E-state index in [0.29, 0.717) is 48.4 Å².